The normalized spacial score (nSPS) is 14.9. The fraction of sp³-hybridized carbons (Fsp3) is 0.294. The van der Waals surface area contributed by atoms with Crippen LogP contribution in [0.1, 0.15) is 5.69 Å². The molecule has 0 spiro atoms. The van der Waals surface area contributed by atoms with Crippen molar-refractivity contribution in [2.75, 3.05) is 36.0 Å². The Morgan fingerprint density at radius 2 is 1.76 bits per heavy atom. The molecule has 25 heavy (non-hydrogen) atoms. The molecule has 0 bridgehead atoms. The van der Waals surface area contributed by atoms with Crippen molar-refractivity contribution in [1.29, 1.82) is 0 Å². The van der Waals surface area contributed by atoms with Crippen LogP contribution in [0.5, 0.6) is 0 Å². The fourth-order valence-corrected chi connectivity index (χ4v) is 3.24. The second kappa shape index (κ2) is 6.04. The number of rotatable bonds is 3. The lowest BCUT2D eigenvalue weighted by atomic mass is 10.2. The highest BCUT2D eigenvalue weighted by Gasteiger charge is 2.21. The fourth-order valence-electron chi connectivity index (χ4n) is 3.24. The van der Waals surface area contributed by atoms with Gasteiger partial charge >= 0.3 is 0 Å². The van der Waals surface area contributed by atoms with Gasteiger partial charge in [0.15, 0.2) is 5.82 Å². The van der Waals surface area contributed by atoms with Gasteiger partial charge in [-0.25, -0.2) is 9.50 Å². The molecule has 2 aromatic heterocycles. The average Bonchev–Trinajstić information content (AvgIpc) is 3.02. The van der Waals surface area contributed by atoms with Crippen LogP contribution in [-0.4, -0.2) is 45.7 Å². The molecule has 0 N–H and O–H groups in total. The van der Waals surface area contributed by atoms with Crippen molar-refractivity contribution in [3.8, 4) is 0 Å². The predicted octanol–water partition coefficient (Wildman–Crippen LogP) is 2.27. The van der Waals surface area contributed by atoms with E-state index >= 15 is 0 Å². The molecule has 8 nitrogen and oxygen atoms in total. The topological polar surface area (TPSA) is 79.8 Å². The quantitative estimate of drug-likeness (QED) is 0.538. The highest BCUT2D eigenvalue weighted by Crippen LogP contribution is 2.24. The first-order chi connectivity index (χ1) is 12.1. The summed E-state index contributed by atoms with van der Waals surface area (Å²) >= 11 is 0. The van der Waals surface area contributed by atoms with Crippen LogP contribution >= 0.6 is 0 Å². The maximum Gasteiger partial charge on any atom is 0.269 e. The molecule has 3 heterocycles. The first-order valence-electron chi connectivity index (χ1n) is 8.17. The Labute approximate surface area is 144 Å². The Morgan fingerprint density at radius 3 is 2.44 bits per heavy atom. The summed E-state index contributed by atoms with van der Waals surface area (Å²) in [4.78, 5) is 19.4. The number of aromatic nitrogens is 3. The van der Waals surface area contributed by atoms with E-state index in [0.717, 1.165) is 48.9 Å². The van der Waals surface area contributed by atoms with Gasteiger partial charge in [-0.15, -0.1) is 0 Å². The third-order valence-corrected chi connectivity index (χ3v) is 4.50. The number of anilines is 2. The van der Waals surface area contributed by atoms with Gasteiger partial charge in [-0.05, 0) is 25.1 Å². The summed E-state index contributed by atoms with van der Waals surface area (Å²) in [5, 5.41) is 15.2. The van der Waals surface area contributed by atoms with Gasteiger partial charge < -0.3 is 9.80 Å². The first kappa shape index (κ1) is 15.4. The third kappa shape index (κ3) is 2.86. The molecule has 1 aliphatic rings. The minimum atomic E-state index is -0.373. The number of hydrogen-bond donors (Lipinski definition) is 0. The maximum atomic E-state index is 10.8. The lowest BCUT2D eigenvalue weighted by molar-refractivity contribution is -0.384. The van der Waals surface area contributed by atoms with Crippen LogP contribution in [0.4, 0.5) is 17.2 Å². The summed E-state index contributed by atoms with van der Waals surface area (Å²) in [6.07, 6.45) is 3.64. The molecule has 8 heteroatoms. The van der Waals surface area contributed by atoms with Crippen molar-refractivity contribution in [2.24, 2.45) is 0 Å². The van der Waals surface area contributed by atoms with Gasteiger partial charge in [-0.3, -0.25) is 10.1 Å². The molecule has 0 saturated carbocycles. The molecule has 1 saturated heterocycles. The van der Waals surface area contributed by atoms with Crippen LogP contribution in [-0.2, 0) is 0 Å². The molecule has 128 valence electrons. The number of nitro benzene ring substituents is 1. The Kier molecular flexibility index (Phi) is 3.72. The molecule has 0 radical (unpaired) electrons. The average molecular weight is 338 g/mol. The number of aryl methyl sites for hydroxylation is 1. The van der Waals surface area contributed by atoms with E-state index < -0.39 is 0 Å². The van der Waals surface area contributed by atoms with Crippen molar-refractivity contribution >= 4 is 22.7 Å². The summed E-state index contributed by atoms with van der Waals surface area (Å²) in [6.45, 7) is 5.34. The molecule has 0 atom stereocenters. The first-order valence-corrected chi connectivity index (χ1v) is 8.17. The van der Waals surface area contributed by atoms with E-state index in [1.54, 1.807) is 18.3 Å². The van der Waals surface area contributed by atoms with Gasteiger partial charge in [0.05, 0.1) is 10.6 Å². The van der Waals surface area contributed by atoms with Crippen LogP contribution in [0.2, 0.25) is 0 Å². The van der Waals surface area contributed by atoms with Crippen molar-refractivity contribution in [3.63, 3.8) is 0 Å². The standard InChI is InChI=1S/C17H18N6O2/c1-13-12-16-17(18-6-7-22(16)19-13)21-10-8-20(9-11-21)14-2-4-15(5-3-14)23(24)25/h2-7,12H,8-11H2,1H3. The van der Waals surface area contributed by atoms with Gasteiger partial charge in [0.1, 0.15) is 5.52 Å². The number of benzene rings is 1. The SMILES string of the molecule is Cc1cc2c(N3CCN(c4ccc([N+](=O)[O-])cc4)CC3)nccn2n1. The number of hydrogen-bond acceptors (Lipinski definition) is 6. The summed E-state index contributed by atoms with van der Waals surface area (Å²) in [6, 6.07) is 8.78. The number of nitrogens with zero attached hydrogens (tertiary/aromatic N) is 6. The Morgan fingerprint density at radius 1 is 1.08 bits per heavy atom. The molecule has 0 amide bonds. The molecule has 1 aliphatic heterocycles. The van der Waals surface area contributed by atoms with Gasteiger partial charge in [0.25, 0.3) is 5.69 Å². The molecule has 0 unspecified atom stereocenters. The molecular formula is C17H18N6O2. The Hall–Kier alpha value is -3.16. The van der Waals surface area contributed by atoms with Crippen LogP contribution in [0, 0.1) is 17.0 Å². The van der Waals surface area contributed by atoms with E-state index in [2.05, 4.69) is 19.9 Å². The zero-order valence-corrected chi connectivity index (χ0v) is 13.9. The predicted molar refractivity (Wildman–Crippen MR) is 95.2 cm³/mol. The van der Waals surface area contributed by atoms with Crippen molar-refractivity contribution in [2.45, 2.75) is 6.92 Å². The van der Waals surface area contributed by atoms with Crippen LogP contribution in [0.3, 0.4) is 0 Å². The van der Waals surface area contributed by atoms with Gasteiger partial charge in [0.2, 0.25) is 0 Å². The Balaban J connectivity index is 1.50. The minimum absolute atomic E-state index is 0.120. The lowest BCUT2D eigenvalue weighted by Crippen LogP contribution is -2.47. The third-order valence-electron chi connectivity index (χ3n) is 4.50. The monoisotopic (exact) mass is 338 g/mol. The number of fused-ring (bicyclic) bond motifs is 1. The second-order valence-electron chi connectivity index (χ2n) is 6.11. The van der Waals surface area contributed by atoms with E-state index in [9.17, 15) is 10.1 Å². The van der Waals surface area contributed by atoms with E-state index in [1.165, 1.54) is 0 Å². The van der Waals surface area contributed by atoms with E-state index in [4.69, 9.17) is 0 Å². The summed E-state index contributed by atoms with van der Waals surface area (Å²) in [7, 11) is 0. The van der Waals surface area contributed by atoms with Crippen molar-refractivity contribution in [1.82, 2.24) is 14.6 Å². The molecule has 4 rings (SSSR count). The highest BCUT2D eigenvalue weighted by molar-refractivity contribution is 5.69. The molecule has 0 aliphatic carbocycles. The number of piperazine rings is 1. The summed E-state index contributed by atoms with van der Waals surface area (Å²) < 4.78 is 1.86. The van der Waals surface area contributed by atoms with Crippen LogP contribution in [0.25, 0.3) is 5.52 Å². The summed E-state index contributed by atoms with van der Waals surface area (Å²) in [5.74, 6) is 0.950. The zero-order valence-electron chi connectivity index (χ0n) is 13.9. The molecular weight excluding hydrogens is 320 g/mol. The molecule has 1 fully saturated rings. The van der Waals surface area contributed by atoms with Crippen LogP contribution in [0.15, 0.2) is 42.7 Å². The van der Waals surface area contributed by atoms with E-state index in [-0.39, 0.29) is 10.6 Å². The second-order valence-corrected chi connectivity index (χ2v) is 6.11. The lowest BCUT2D eigenvalue weighted by Gasteiger charge is -2.36. The number of nitro groups is 1. The number of non-ortho nitro benzene ring substituents is 1. The van der Waals surface area contributed by atoms with E-state index in [1.807, 2.05) is 35.8 Å². The minimum Gasteiger partial charge on any atom is -0.368 e. The Bertz CT molecular complexity index is 913. The van der Waals surface area contributed by atoms with Crippen molar-refractivity contribution < 1.29 is 4.92 Å². The maximum absolute atomic E-state index is 10.8. The zero-order chi connectivity index (χ0) is 17.4. The largest absolute Gasteiger partial charge is 0.368 e. The van der Waals surface area contributed by atoms with Gasteiger partial charge in [0, 0.05) is 56.4 Å². The highest BCUT2D eigenvalue weighted by atomic mass is 16.6. The smallest absolute Gasteiger partial charge is 0.269 e. The van der Waals surface area contributed by atoms with Crippen molar-refractivity contribution in [3.05, 3.63) is 58.5 Å². The van der Waals surface area contributed by atoms with Crippen LogP contribution < -0.4 is 9.80 Å². The van der Waals surface area contributed by atoms with E-state index in [0.29, 0.717) is 0 Å². The summed E-state index contributed by atoms with van der Waals surface area (Å²) in [5.41, 5.74) is 3.12. The van der Waals surface area contributed by atoms with Gasteiger partial charge in [-0.2, -0.15) is 5.10 Å². The van der Waals surface area contributed by atoms with Gasteiger partial charge in [-0.1, -0.05) is 0 Å². The molecule has 3 aromatic rings. The molecule has 1 aromatic carbocycles.